The molecular weight excluding hydrogens is 410 g/mol. The van der Waals surface area contributed by atoms with E-state index in [9.17, 15) is 9.90 Å². The molecule has 0 heterocycles. The first-order valence-electron chi connectivity index (χ1n) is 12.0. The summed E-state index contributed by atoms with van der Waals surface area (Å²) in [5.74, 6) is 0.813. The number of aliphatic hydroxyl groups excluding tert-OH is 1. The zero-order valence-corrected chi connectivity index (χ0v) is 20.4. The van der Waals surface area contributed by atoms with Crippen LogP contribution in [0.25, 0.3) is 0 Å². The fraction of sp³-hybridized carbons (Fsp3) is 0.654. The molecule has 0 amide bonds. The number of unbranched alkanes of at least 4 members (excludes halogenated alkanes) is 11. The Morgan fingerprint density at radius 1 is 0.968 bits per heavy atom. The summed E-state index contributed by atoms with van der Waals surface area (Å²) in [4.78, 5) is 12.3. The smallest absolute Gasteiger partial charge is 0.214 e. The summed E-state index contributed by atoms with van der Waals surface area (Å²) < 4.78 is 5.15. The number of carbonyl (C=O) groups excluding carboxylic acids is 1. The van der Waals surface area contributed by atoms with Gasteiger partial charge in [0.15, 0.2) is 6.04 Å². The van der Waals surface area contributed by atoms with Crippen molar-refractivity contribution in [3.8, 4) is 5.75 Å². The molecular formula is C26H44ClNO3. The lowest BCUT2D eigenvalue weighted by atomic mass is 10.0. The molecule has 0 unspecified atom stereocenters. The molecule has 1 aromatic rings. The highest BCUT2D eigenvalue weighted by Gasteiger charge is 2.17. The first kappa shape index (κ1) is 29.6. The van der Waals surface area contributed by atoms with Crippen LogP contribution in [-0.4, -0.2) is 30.6 Å². The SMILES string of the molecule is CCCCCCCCCCCCC/C=C/C(=O)[C@H](CO)[NH2+]Cc1ccc(OC)cc1.[Cl-]. The van der Waals surface area contributed by atoms with Gasteiger partial charge in [0.2, 0.25) is 5.78 Å². The van der Waals surface area contributed by atoms with Crippen molar-refractivity contribution in [3.63, 3.8) is 0 Å². The number of aliphatic hydroxyl groups is 1. The van der Waals surface area contributed by atoms with E-state index in [-0.39, 0.29) is 24.8 Å². The quantitative estimate of drug-likeness (QED) is 0.248. The molecule has 0 aliphatic carbocycles. The van der Waals surface area contributed by atoms with Crippen molar-refractivity contribution < 1.29 is 32.4 Å². The molecule has 0 aromatic heterocycles. The molecule has 0 spiro atoms. The van der Waals surface area contributed by atoms with Crippen LogP contribution in [0, 0.1) is 0 Å². The summed E-state index contributed by atoms with van der Waals surface area (Å²) in [6, 6.07) is 7.35. The summed E-state index contributed by atoms with van der Waals surface area (Å²) in [5.41, 5.74) is 1.10. The number of ketones is 1. The topological polar surface area (TPSA) is 63.1 Å². The molecule has 0 aliphatic heterocycles. The van der Waals surface area contributed by atoms with Crippen molar-refractivity contribution in [1.29, 1.82) is 0 Å². The Labute approximate surface area is 196 Å². The minimum Gasteiger partial charge on any atom is -1.00 e. The van der Waals surface area contributed by atoms with Crippen molar-refractivity contribution in [2.45, 2.75) is 96.6 Å². The van der Waals surface area contributed by atoms with Gasteiger partial charge in [-0.25, -0.2) is 0 Å². The molecule has 0 fully saturated rings. The maximum Gasteiger partial charge on any atom is 0.214 e. The maximum absolute atomic E-state index is 12.3. The highest BCUT2D eigenvalue weighted by molar-refractivity contribution is 5.93. The first-order valence-corrected chi connectivity index (χ1v) is 12.0. The fourth-order valence-corrected chi connectivity index (χ4v) is 3.57. The Morgan fingerprint density at radius 3 is 2.03 bits per heavy atom. The lowest BCUT2D eigenvalue weighted by molar-refractivity contribution is -0.692. The molecule has 1 rings (SSSR count). The van der Waals surface area contributed by atoms with E-state index in [1.54, 1.807) is 13.2 Å². The highest BCUT2D eigenvalue weighted by atomic mass is 35.5. The number of quaternary nitrogens is 1. The number of hydrogen-bond acceptors (Lipinski definition) is 3. The Morgan fingerprint density at radius 2 is 1.52 bits per heavy atom. The first-order chi connectivity index (χ1) is 14.7. The van der Waals surface area contributed by atoms with Crippen molar-refractivity contribution in [1.82, 2.24) is 0 Å². The van der Waals surface area contributed by atoms with E-state index in [2.05, 4.69) is 6.92 Å². The van der Waals surface area contributed by atoms with Crippen LogP contribution in [0.3, 0.4) is 0 Å². The third-order valence-corrected chi connectivity index (χ3v) is 5.62. The minimum absolute atomic E-state index is 0. The Balaban J connectivity index is 0.00000900. The van der Waals surface area contributed by atoms with Crippen LogP contribution in [0.4, 0.5) is 0 Å². The summed E-state index contributed by atoms with van der Waals surface area (Å²) in [7, 11) is 1.64. The lowest BCUT2D eigenvalue weighted by Gasteiger charge is -2.10. The molecule has 1 atom stereocenters. The van der Waals surface area contributed by atoms with Crippen molar-refractivity contribution in [2.75, 3.05) is 13.7 Å². The zero-order valence-electron chi connectivity index (χ0n) is 19.7. The summed E-state index contributed by atoms with van der Waals surface area (Å²) in [5, 5.41) is 11.5. The molecule has 3 N–H and O–H groups in total. The number of rotatable bonds is 19. The van der Waals surface area contributed by atoms with Gasteiger partial charge in [0.1, 0.15) is 18.9 Å². The van der Waals surface area contributed by atoms with Crippen LogP contribution in [0.1, 0.15) is 89.5 Å². The molecule has 0 saturated carbocycles. The van der Waals surface area contributed by atoms with E-state index in [4.69, 9.17) is 4.74 Å². The molecule has 0 saturated heterocycles. The monoisotopic (exact) mass is 453 g/mol. The van der Waals surface area contributed by atoms with Gasteiger partial charge in [0.25, 0.3) is 0 Å². The summed E-state index contributed by atoms with van der Waals surface area (Å²) >= 11 is 0. The van der Waals surface area contributed by atoms with Crippen molar-refractivity contribution >= 4 is 5.78 Å². The van der Waals surface area contributed by atoms with E-state index in [1.807, 2.05) is 35.7 Å². The normalized spacial score (nSPS) is 12.0. The van der Waals surface area contributed by atoms with E-state index in [0.29, 0.717) is 6.54 Å². The predicted molar refractivity (Wildman–Crippen MR) is 125 cm³/mol. The molecule has 4 nitrogen and oxygen atoms in total. The molecule has 5 heteroatoms. The van der Waals surface area contributed by atoms with Crippen LogP contribution >= 0.6 is 0 Å². The van der Waals surface area contributed by atoms with E-state index >= 15 is 0 Å². The average Bonchev–Trinajstić information content (AvgIpc) is 2.77. The number of nitrogens with two attached hydrogens (primary N) is 1. The fourth-order valence-electron chi connectivity index (χ4n) is 3.57. The van der Waals surface area contributed by atoms with Crippen LogP contribution in [0.5, 0.6) is 5.75 Å². The minimum atomic E-state index is -0.430. The van der Waals surface area contributed by atoms with Gasteiger partial charge < -0.3 is 27.6 Å². The summed E-state index contributed by atoms with van der Waals surface area (Å²) in [6.07, 6.45) is 19.2. The number of methoxy groups -OCH3 is 1. The van der Waals surface area contributed by atoms with Gasteiger partial charge in [0.05, 0.1) is 7.11 Å². The second-order valence-electron chi connectivity index (χ2n) is 8.21. The summed E-state index contributed by atoms with van der Waals surface area (Å²) in [6.45, 7) is 2.78. The highest BCUT2D eigenvalue weighted by Crippen LogP contribution is 2.12. The molecule has 0 bridgehead atoms. The Bertz CT molecular complexity index is 575. The van der Waals surface area contributed by atoms with Gasteiger partial charge in [-0.3, -0.25) is 4.79 Å². The number of hydrogen-bond donors (Lipinski definition) is 2. The third-order valence-electron chi connectivity index (χ3n) is 5.62. The number of halogens is 1. The van der Waals surface area contributed by atoms with Crippen LogP contribution in [-0.2, 0) is 11.3 Å². The molecule has 1 aromatic carbocycles. The second kappa shape index (κ2) is 20.5. The van der Waals surface area contributed by atoms with Gasteiger partial charge in [-0.1, -0.05) is 77.2 Å². The van der Waals surface area contributed by atoms with Gasteiger partial charge in [-0.2, -0.15) is 0 Å². The molecule has 0 radical (unpaired) electrons. The van der Waals surface area contributed by atoms with Crippen LogP contribution in [0.15, 0.2) is 36.4 Å². The average molecular weight is 454 g/mol. The molecule has 0 aliphatic rings. The van der Waals surface area contributed by atoms with E-state index < -0.39 is 6.04 Å². The zero-order chi connectivity index (χ0) is 21.9. The van der Waals surface area contributed by atoms with E-state index in [0.717, 1.165) is 24.2 Å². The number of ether oxygens (including phenoxy) is 1. The Kier molecular flexibility index (Phi) is 19.6. The van der Waals surface area contributed by atoms with Crippen molar-refractivity contribution in [2.24, 2.45) is 0 Å². The lowest BCUT2D eigenvalue weighted by Crippen LogP contribution is -3.00. The van der Waals surface area contributed by atoms with Gasteiger partial charge in [-0.05, 0) is 43.2 Å². The second-order valence-corrected chi connectivity index (χ2v) is 8.21. The van der Waals surface area contributed by atoms with E-state index in [1.165, 1.54) is 64.2 Å². The predicted octanol–water partition coefficient (Wildman–Crippen LogP) is 1.95. The number of allylic oxidation sites excluding steroid dienone is 1. The largest absolute Gasteiger partial charge is 1.00 e. The Hall–Kier alpha value is -1.36. The maximum atomic E-state index is 12.3. The molecule has 178 valence electrons. The van der Waals surface area contributed by atoms with Crippen molar-refractivity contribution in [3.05, 3.63) is 42.0 Å². The van der Waals surface area contributed by atoms with Crippen LogP contribution < -0.4 is 22.5 Å². The number of benzene rings is 1. The van der Waals surface area contributed by atoms with Gasteiger partial charge >= 0.3 is 0 Å². The van der Waals surface area contributed by atoms with Gasteiger partial charge in [0, 0.05) is 5.56 Å². The standard InChI is InChI=1S/C26H43NO3.ClH/c1-3-4-5-6-7-8-9-10-11-12-13-14-15-16-26(29)25(22-28)27-21-23-17-19-24(30-2)20-18-23;/h15-20,25,27-28H,3-14,21-22H2,1-2H3;1H/b16-15+;/t25-;/m0./s1. The third kappa shape index (κ3) is 15.1. The molecule has 31 heavy (non-hydrogen) atoms. The van der Waals surface area contributed by atoms with Crippen LogP contribution in [0.2, 0.25) is 0 Å². The van der Waals surface area contributed by atoms with Gasteiger partial charge in [-0.15, -0.1) is 0 Å². The number of carbonyl (C=O) groups is 1.